The number of anilines is 1. The molecule has 0 aliphatic carbocycles. The molecular formula is C18H21N3O. The van der Waals surface area contributed by atoms with E-state index in [1.54, 1.807) is 0 Å². The highest BCUT2D eigenvalue weighted by Gasteiger charge is 2.16. The van der Waals surface area contributed by atoms with Crippen molar-refractivity contribution in [2.45, 2.75) is 13.1 Å². The predicted molar refractivity (Wildman–Crippen MR) is 90.4 cm³/mol. The van der Waals surface area contributed by atoms with Gasteiger partial charge in [0.1, 0.15) is 12.9 Å². The molecule has 0 amide bonds. The SMILES string of the molecule is CCNC1COCNc2ccccc2/C(c2ccccc2)=N\1. The Morgan fingerprint density at radius 2 is 1.91 bits per heavy atom. The summed E-state index contributed by atoms with van der Waals surface area (Å²) in [6.45, 7) is 3.97. The van der Waals surface area contributed by atoms with Crippen molar-refractivity contribution >= 4 is 11.4 Å². The van der Waals surface area contributed by atoms with Crippen molar-refractivity contribution in [2.75, 3.05) is 25.2 Å². The molecule has 1 atom stereocenters. The van der Waals surface area contributed by atoms with Gasteiger partial charge in [0.15, 0.2) is 0 Å². The van der Waals surface area contributed by atoms with Crippen molar-refractivity contribution in [1.29, 1.82) is 0 Å². The van der Waals surface area contributed by atoms with Crippen LogP contribution in [0.25, 0.3) is 0 Å². The van der Waals surface area contributed by atoms with Crippen LogP contribution in [0.2, 0.25) is 0 Å². The van der Waals surface area contributed by atoms with Crippen LogP contribution in [0.4, 0.5) is 5.69 Å². The summed E-state index contributed by atoms with van der Waals surface area (Å²) in [5.74, 6) is 0. The molecule has 2 aromatic carbocycles. The van der Waals surface area contributed by atoms with Crippen LogP contribution in [-0.4, -0.2) is 31.8 Å². The molecule has 0 saturated carbocycles. The lowest BCUT2D eigenvalue weighted by molar-refractivity contribution is 0.130. The summed E-state index contributed by atoms with van der Waals surface area (Å²) < 4.78 is 5.68. The van der Waals surface area contributed by atoms with Gasteiger partial charge in [0.25, 0.3) is 0 Å². The fraction of sp³-hybridized carbons (Fsp3) is 0.278. The summed E-state index contributed by atoms with van der Waals surface area (Å²) >= 11 is 0. The molecule has 114 valence electrons. The van der Waals surface area contributed by atoms with Crippen molar-refractivity contribution in [2.24, 2.45) is 4.99 Å². The lowest BCUT2D eigenvalue weighted by Crippen LogP contribution is -2.33. The zero-order valence-corrected chi connectivity index (χ0v) is 12.8. The summed E-state index contributed by atoms with van der Waals surface area (Å²) in [4.78, 5) is 4.94. The second-order valence-corrected chi connectivity index (χ2v) is 5.15. The first kappa shape index (κ1) is 14.8. The topological polar surface area (TPSA) is 45.6 Å². The number of rotatable bonds is 3. The van der Waals surface area contributed by atoms with Gasteiger partial charge in [0.2, 0.25) is 0 Å². The Morgan fingerprint density at radius 3 is 2.73 bits per heavy atom. The largest absolute Gasteiger partial charge is 0.362 e. The lowest BCUT2D eigenvalue weighted by atomic mass is 10.0. The number of aliphatic imine (C=N–C) groups is 1. The lowest BCUT2D eigenvalue weighted by Gasteiger charge is -2.15. The van der Waals surface area contributed by atoms with Crippen LogP contribution in [0.15, 0.2) is 59.6 Å². The molecule has 0 aromatic heterocycles. The smallest absolute Gasteiger partial charge is 0.124 e. The average Bonchev–Trinajstić information content (AvgIpc) is 2.65. The van der Waals surface area contributed by atoms with E-state index in [-0.39, 0.29) is 6.17 Å². The molecule has 0 spiro atoms. The van der Waals surface area contributed by atoms with Crippen LogP contribution in [0.3, 0.4) is 0 Å². The van der Waals surface area contributed by atoms with Gasteiger partial charge in [-0.05, 0) is 12.6 Å². The number of nitrogens with zero attached hydrogens (tertiary/aromatic N) is 1. The van der Waals surface area contributed by atoms with E-state index >= 15 is 0 Å². The van der Waals surface area contributed by atoms with E-state index in [0.717, 1.165) is 29.1 Å². The van der Waals surface area contributed by atoms with Crippen LogP contribution in [0.1, 0.15) is 18.1 Å². The average molecular weight is 295 g/mol. The molecule has 1 aliphatic heterocycles. The molecule has 1 heterocycles. The molecular weight excluding hydrogens is 274 g/mol. The Bertz CT molecular complexity index is 640. The minimum Gasteiger partial charge on any atom is -0.362 e. The molecule has 4 heteroatoms. The minimum absolute atomic E-state index is 0.0480. The van der Waals surface area contributed by atoms with Crippen LogP contribution in [-0.2, 0) is 4.74 Å². The molecule has 0 radical (unpaired) electrons. The maximum atomic E-state index is 5.68. The van der Waals surface area contributed by atoms with Crippen LogP contribution >= 0.6 is 0 Å². The zero-order chi connectivity index (χ0) is 15.2. The standard InChI is InChI=1S/C18H21N3O/c1-2-19-17-12-22-13-20-16-11-7-6-10-15(16)18(21-17)14-8-4-3-5-9-14/h3-11,17,19-20H,2,12-13H2,1H3/b21-18-. The highest BCUT2D eigenvalue weighted by Crippen LogP contribution is 2.21. The van der Waals surface area contributed by atoms with Crippen LogP contribution < -0.4 is 10.6 Å². The first-order valence-corrected chi connectivity index (χ1v) is 7.66. The first-order chi connectivity index (χ1) is 10.9. The van der Waals surface area contributed by atoms with Crippen molar-refractivity contribution in [3.8, 4) is 0 Å². The Hall–Kier alpha value is -2.17. The van der Waals surface area contributed by atoms with E-state index in [0.29, 0.717) is 13.3 Å². The van der Waals surface area contributed by atoms with Gasteiger partial charge in [0.05, 0.1) is 12.3 Å². The third kappa shape index (κ3) is 3.35. The molecule has 0 saturated heterocycles. The highest BCUT2D eigenvalue weighted by atomic mass is 16.5. The fourth-order valence-corrected chi connectivity index (χ4v) is 2.57. The van der Waals surface area contributed by atoms with Crippen molar-refractivity contribution < 1.29 is 4.74 Å². The van der Waals surface area contributed by atoms with Crippen molar-refractivity contribution in [3.05, 3.63) is 65.7 Å². The van der Waals surface area contributed by atoms with E-state index in [9.17, 15) is 0 Å². The number of hydrogen-bond donors (Lipinski definition) is 2. The summed E-state index contributed by atoms with van der Waals surface area (Å²) in [5, 5.41) is 6.71. The predicted octanol–water partition coefficient (Wildman–Crippen LogP) is 2.86. The van der Waals surface area contributed by atoms with E-state index < -0.39 is 0 Å². The highest BCUT2D eigenvalue weighted by molar-refractivity contribution is 6.16. The molecule has 2 aromatic rings. The van der Waals surface area contributed by atoms with E-state index in [4.69, 9.17) is 9.73 Å². The Balaban J connectivity index is 2.11. The molecule has 0 fully saturated rings. The van der Waals surface area contributed by atoms with Gasteiger partial charge in [-0.3, -0.25) is 10.3 Å². The zero-order valence-electron chi connectivity index (χ0n) is 12.8. The van der Waals surface area contributed by atoms with Gasteiger partial charge in [-0.25, -0.2) is 0 Å². The summed E-state index contributed by atoms with van der Waals surface area (Å²) in [7, 11) is 0. The van der Waals surface area contributed by atoms with E-state index in [1.807, 2.05) is 30.3 Å². The molecule has 1 unspecified atom stereocenters. The summed E-state index contributed by atoms with van der Waals surface area (Å²) in [6.07, 6.45) is -0.0480. The molecule has 0 bridgehead atoms. The third-order valence-electron chi connectivity index (χ3n) is 3.59. The van der Waals surface area contributed by atoms with Crippen LogP contribution in [0.5, 0.6) is 0 Å². The van der Waals surface area contributed by atoms with E-state index in [2.05, 4.69) is 41.8 Å². The number of hydrogen-bond acceptors (Lipinski definition) is 4. The maximum absolute atomic E-state index is 5.68. The van der Waals surface area contributed by atoms with Gasteiger partial charge >= 0.3 is 0 Å². The second kappa shape index (κ2) is 7.20. The Kier molecular flexibility index (Phi) is 4.83. The van der Waals surface area contributed by atoms with Gasteiger partial charge in [-0.2, -0.15) is 0 Å². The summed E-state index contributed by atoms with van der Waals surface area (Å²) in [5.41, 5.74) is 4.24. The van der Waals surface area contributed by atoms with Gasteiger partial charge in [-0.1, -0.05) is 55.5 Å². The Morgan fingerprint density at radius 1 is 1.14 bits per heavy atom. The number of likely N-dealkylation sites (N-methyl/N-ethyl adjacent to an activating group) is 1. The maximum Gasteiger partial charge on any atom is 0.124 e. The second-order valence-electron chi connectivity index (χ2n) is 5.15. The molecule has 2 N–H and O–H groups in total. The first-order valence-electron chi connectivity index (χ1n) is 7.66. The minimum atomic E-state index is -0.0480. The van der Waals surface area contributed by atoms with Crippen molar-refractivity contribution in [3.63, 3.8) is 0 Å². The third-order valence-corrected chi connectivity index (χ3v) is 3.59. The van der Waals surface area contributed by atoms with E-state index in [1.165, 1.54) is 0 Å². The molecule has 3 rings (SSSR count). The van der Waals surface area contributed by atoms with Gasteiger partial charge < -0.3 is 10.1 Å². The van der Waals surface area contributed by atoms with Crippen molar-refractivity contribution in [1.82, 2.24) is 5.32 Å². The number of nitrogens with one attached hydrogen (secondary N) is 2. The molecule has 22 heavy (non-hydrogen) atoms. The quantitative estimate of drug-likeness (QED) is 0.915. The normalized spacial score (nSPS) is 20.6. The monoisotopic (exact) mass is 295 g/mol. The number of para-hydroxylation sites is 1. The van der Waals surface area contributed by atoms with Crippen LogP contribution in [0, 0.1) is 0 Å². The fourth-order valence-electron chi connectivity index (χ4n) is 2.57. The molecule has 4 nitrogen and oxygen atoms in total. The Labute approximate surface area is 131 Å². The summed E-state index contributed by atoms with van der Waals surface area (Å²) in [6, 6.07) is 18.5. The van der Waals surface area contributed by atoms with Gasteiger partial charge in [-0.15, -0.1) is 0 Å². The number of benzene rings is 2. The number of ether oxygens (including phenoxy) is 1. The molecule has 1 aliphatic rings. The number of fused-ring (bicyclic) bond motifs is 1. The van der Waals surface area contributed by atoms with Gasteiger partial charge in [0, 0.05) is 16.8 Å².